The van der Waals surface area contributed by atoms with Crippen molar-refractivity contribution in [2.24, 2.45) is 12.8 Å². The Morgan fingerprint density at radius 3 is 2.63 bits per heavy atom. The highest BCUT2D eigenvalue weighted by atomic mass is 15.4. The van der Waals surface area contributed by atoms with Gasteiger partial charge in [-0.1, -0.05) is 0 Å². The summed E-state index contributed by atoms with van der Waals surface area (Å²) in [5.74, 6) is 1.03. The van der Waals surface area contributed by atoms with Gasteiger partial charge in [0.2, 0.25) is 0 Å². The molecular formula is C13H24N6. The molecule has 2 heterocycles. The maximum atomic E-state index is 7.71. The standard InChI is InChI=1S/C13H24N6/c1-10-11(12(14)15)13(18(3)16-10)17(2)8-9-19-6-4-5-7-19/h4-9H2,1-3H3,(H3,14,15). The highest BCUT2D eigenvalue weighted by molar-refractivity contribution is 6.00. The summed E-state index contributed by atoms with van der Waals surface area (Å²) in [6.45, 7) is 6.29. The fourth-order valence-corrected chi connectivity index (χ4v) is 2.80. The number of hydrogen-bond acceptors (Lipinski definition) is 4. The van der Waals surface area contributed by atoms with Crippen LogP contribution in [0.25, 0.3) is 0 Å². The predicted molar refractivity (Wildman–Crippen MR) is 77.9 cm³/mol. The lowest BCUT2D eigenvalue weighted by Gasteiger charge is -2.24. The number of rotatable bonds is 5. The Hall–Kier alpha value is -1.56. The van der Waals surface area contributed by atoms with Crippen LogP contribution in [-0.2, 0) is 7.05 Å². The largest absolute Gasteiger partial charge is 0.384 e. The number of nitrogen functional groups attached to an aromatic ring is 1. The van der Waals surface area contributed by atoms with Crippen LogP contribution in [0.1, 0.15) is 24.1 Å². The molecule has 1 fully saturated rings. The summed E-state index contributed by atoms with van der Waals surface area (Å²) >= 11 is 0. The molecular weight excluding hydrogens is 240 g/mol. The molecule has 0 radical (unpaired) electrons. The molecule has 0 unspecified atom stereocenters. The third-order valence-corrected chi connectivity index (χ3v) is 3.77. The number of amidine groups is 1. The third-order valence-electron chi connectivity index (χ3n) is 3.77. The van der Waals surface area contributed by atoms with E-state index in [1.54, 1.807) is 0 Å². The zero-order valence-electron chi connectivity index (χ0n) is 12.1. The molecule has 1 aromatic rings. The second-order valence-electron chi connectivity index (χ2n) is 5.29. The van der Waals surface area contributed by atoms with Gasteiger partial charge in [0, 0.05) is 27.2 Å². The fourth-order valence-electron chi connectivity index (χ4n) is 2.80. The molecule has 2 rings (SSSR count). The van der Waals surface area contributed by atoms with E-state index in [1.165, 1.54) is 25.9 Å². The van der Waals surface area contributed by atoms with Crippen molar-refractivity contribution >= 4 is 11.7 Å². The molecule has 106 valence electrons. The molecule has 0 aromatic carbocycles. The number of nitrogens with one attached hydrogen (secondary N) is 1. The SMILES string of the molecule is Cc1nn(C)c(N(C)CCN2CCCC2)c1C(=N)N. The van der Waals surface area contributed by atoms with Crippen LogP contribution in [0.3, 0.4) is 0 Å². The van der Waals surface area contributed by atoms with E-state index in [0.29, 0.717) is 0 Å². The minimum atomic E-state index is 0.0913. The minimum absolute atomic E-state index is 0.0913. The van der Waals surface area contributed by atoms with E-state index < -0.39 is 0 Å². The average Bonchev–Trinajstić information content (AvgIpc) is 2.93. The Morgan fingerprint density at radius 1 is 1.42 bits per heavy atom. The fraction of sp³-hybridized carbons (Fsp3) is 0.692. The number of anilines is 1. The number of likely N-dealkylation sites (tertiary alicyclic amines) is 1. The molecule has 6 heteroatoms. The molecule has 19 heavy (non-hydrogen) atoms. The first-order valence-electron chi connectivity index (χ1n) is 6.82. The summed E-state index contributed by atoms with van der Waals surface area (Å²) in [7, 11) is 3.94. The van der Waals surface area contributed by atoms with Crippen molar-refractivity contribution in [2.75, 3.05) is 38.1 Å². The van der Waals surface area contributed by atoms with Crippen molar-refractivity contribution in [3.8, 4) is 0 Å². The van der Waals surface area contributed by atoms with Crippen molar-refractivity contribution < 1.29 is 0 Å². The number of nitrogens with two attached hydrogens (primary N) is 1. The number of aromatic nitrogens is 2. The molecule has 0 spiro atoms. The van der Waals surface area contributed by atoms with Crippen molar-refractivity contribution in [2.45, 2.75) is 19.8 Å². The molecule has 6 nitrogen and oxygen atoms in total. The van der Waals surface area contributed by atoms with Crippen molar-refractivity contribution in [1.29, 1.82) is 5.41 Å². The zero-order chi connectivity index (χ0) is 14.0. The van der Waals surface area contributed by atoms with Gasteiger partial charge in [-0.05, 0) is 32.9 Å². The normalized spacial score (nSPS) is 15.9. The lowest BCUT2D eigenvalue weighted by Crippen LogP contribution is -2.33. The minimum Gasteiger partial charge on any atom is -0.384 e. The maximum Gasteiger partial charge on any atom is 0.137 e. The van der Waals surface area contributed by atoms with E-state index in [9.17, 15) is 0 Å². The van der Waals surface area contributed by atoms with E-state index in [-0.39, 0.29) is 5.84 Å². The van der Waals surface area contributed by atoms with Crippen molar-refractivity contribution in [1.82, 2.24) is 14.7 Å². The van der Waals surface area contributed by atoms with Gasteiger partial charge in [-0.25, -0.2) is 0 Å². The lowest BCUT2D eigenvalue weighted by molar-refractivity contribution is 0.346. The van der Waals surface area contributed by atoms with Gasteiger partial charge >= 0.3 is 0 Å². The summed E-state index contributed by atoms with van der Waals surface area (Å²) < 4.78 is 1.82. The van der Waals surface area contributed by atoms with E-state index in [2.05, 4.69) is 14.9 Å². The van der Waals surface area contributed by atoms with Crippen LogP contribution < -0.4 is 10.6 Å². The molecule has 3 N–H and O–H groups in total. The summed E-state index contributed by atoms with van der Waals surface area (Å²) in [4.78, 5) is 4.63. The number of aryl methyl sites for hydroxylation is 2. The van der Waals surface area contributed by atoms with E-state index in [0.717, 1.165) is 30.2 Å². The van der Waals surface area contributed by atoms with Crippen molar-refractivity contribution in [3.05, 3.63) is 11.3 Å². The van der Waals surface area contributed by atoms with Crippen LogP contribution >= 0.6 is 0 Å². The Labute approximate surface area is 114 Å². The molecule has 1 saturated heterocycles. The first-order chi connectivity index (χ1) is 9.00. The Morgan fingerprint density at radius 2 is 2.05 bits per heavy atom. The molecule has 1 aliphatic rings. The molecule has 0 aliphatic carbocycles. The average molecular weight is 264 g/mol. The molecule has 0 bridgehead atoms. The third kappa shape index (κ3) is 2.89. The second-order valence-corrected chi connectivity index (χ2v) is 5.29. The van der Waals surface area contributed by atoms with Gasteiger partial charge in [-0.2, -0.15) is 5.10 Å². The maximum absolute atomic E-state index is 7.71. The van der Waals surface area contributed by atoms with Crippen LogP contribution in [0.4, 0.5) is 5.82 Å². The molecule has 0 amide bonds. The highest BCUT2D eigenvalue weighted by Crippen LogP contribution is 2.21. The number of likely N-dealkylation sites (N-methyl/N-ethyl adjacent to an activating group) is 1. The van der Waals surface area contributed by atoms with E-state index in [4.69, 9.17) is 11.1 Å². The highest BCUT2D eigenvalue weighted by Gasteiger charge is 2.20. The Bertz CT molecular complexity index is 458. The van der Waals surface area contributed by atoms with Gasteiger partial charge in [0.15, 0.2) is 0 Å². The number of nitrogens with zero attached hydrogens (tertiary/aromatic N) is 4. The number of hydrogen-bond donors (Lipinski definition) is 2. The van der Waals surface area contributed by atoms with Crippen LogP contribution in [0, 0.1) is 12.3 Å². The summed E-state index contributed by atoms with van der Waals surface area (Å²) in [6, 6.07) is 0. The topological polar surface area (TPSA) is 74.2 Å². The van der Waals surface area contributed by atoms with Gasteiger partial charge in [-0.3, -0.25) is 10.1 Å². The Kier molecular flexibility index (Phi) is 4.09. The van der Waals surface area contributed by atoms with Crippen LogP contribution in [-0.4, -0.2) is 53.7 Å². The smallest absolute Gasteiger partial charge is 0.137 e. The molecule has 0 atom stereocenters. The quantitative estimate of drug-likeness (QED) is 0.601. The summed E-state index contributed by atoms with van der Waals surface area (Å²) in [6.07, 6.45) is 2.63. The summed E-state index contributed by atoms with van der Waals surface area (Å²) in [5, 5.41) is 12.1. The molecule has 0 saturated carbocycles. The zero-order valence-corrected chi connectivity index (χ0v) is 12.1. The first-order valence-corrected chi connectivity index (χ1v) is 6.82. The van der Waals surface area contributed by atoms with Crippen LogP contribution in [0.2, 0.25) is 0 Å². The van der Waals surface area contributed by atoms with E-state index in [1.807, 2.05) is 25.7 Å². The monoisotopic (exact) mass is 264 g/mol. The van der Waals surface area contributed by atoms with E-state index >= 15 is 0 Å². The Balaban J connectivity index is 2.09. The van der Waals surface area contributed by atoms with Gasteiger partial charge in [0.25, 0.3) is 0 Å². The molecule has 1 aliphatic heterocycles. The first kappa shape index (κ1) is 13.9. The van der Waals surface area contributed by atoms with Gasteiger partial charge in [0.1, 0.15) is 11.7 Å². The van der Waals surface area contributed by atoms with Gasteiger partial charge < -0.3 is 15.5 Å². The second kappa shape index (κ2) is 5.61. The van der Waals surface area contributed by atoms with Crippen molar-refractivity contribution in [3.63, 3.8) is 0 Å². The molecule has 1 aromatic heterocycles. The summed E-state index contributed by atoms with van der Waals surface area (Å²) in [5.41, 5.74) is 7.25. The van der Waals surface area contributed by atoms with Gasteiger partial charge in [0.05, 0.1) is 11.3 Å². The van der Waals surface area contributed by atoms with Gasteiger partial charge in [-0.15, -0.1) is 0 Å². The lowest BCUT2D eigenvalue weighted by atomic mass is 10.2. The van der Waals surface area contributed by atoms with Crippen LogP contribution in [0.5, 0.6) is 0 Å². The predicted octanol–water partition coefficient (Wildman–Crippen LogP) is 0.545. The van der Waals surface area contributed by atoms with Crippen LogP contribution in [0.15, 0.2) is 0 Å².